The third kappa shape index (κ3) is 3.47. The molecule has 1 fully saturated rings. The zero-order valence-electron chi connectivity index (χ0n) is 15.5. The first kappa shape index (κ1) is 17.7. The summed E-state index contributed by atoms with van der Waals surface area (Å²) in [5.74, 6) is 0.0252. The zero-order valence-corrected chi connectivity index (χ0v) is 15.5. The predicted molar refractivity (Wildman–Crippen MR) is 98.1 cm³/mol. The highest BCUT2D eigenvalue weighted by molar-refractivity contribution is 5.95. The van der Waals surface area contributed by atoms with Crippen LogP contribution in [0.2, 0.25) is 0 Å². The molecule has 1 aromatic heterocycles. The molecule has 2 aromatic rings. The van der Waals surface area contributed by atoms with Crippen LogP contribution in [0.4, 0.5) is 0 Å². The summed E-state index contributed by atoms with van der Waals surface area (Å²) in [5, 5.41) is 14.2. The van der Waals surface area contributed by atoms with E-state index in [-0.39, 0.29) is 11.9 Å². The van der Waals surface area contributed by atoms with Gasteiger partial charge in [-0.1, -0.05) is 12.1 Å². The Morgan fingerprint density at radius 2 is 2.12 bits per heavy atom. The van der Waals surface area contributed by atoms with Crippen molar-refractivity contribution >= 4 is 5.91 Å². The Hall–Kier alpha value is -2.14. The lowest BCUT2D eigenvalue weighted by Gasteiger charge is -2.25. The molecule has 0 spiro atoms. The lowest BCUT2D eigenvalue weighted by atomic mass is 10.1. The molecule has 2 heterocycles. The number of aromatic nitrogens is 2. The summed E-state index contributed by atoms with van der Waals surface area (Å²) in [6.07, 6.45) is 3.87. The van der Waals surface area contributed by atoms with Gasteiger partial charge in [-0.25, -0.2) is 4.68 Å². The standard InChI is InChI=1S/C20H27N3O2/c1-13-7-8-14(2)19(10-13)23-16(4)18(12-21-23)20(25)22-9-5-6-17(22)11-15(3)24/h7-8,10,12,15,17,24H,5-6,9,11H2,1-4H3. The quantitative estimate of drug-likeness (QED) is 0.929. The highest BCUT2D eigenvalue weighted by Gasteiger charge is 2.31. The number of carbonyl (C=O) groups excluding carboxylic acids is 1. The highest BCUT2D eigenvalue weighted by Crippen LogP contribution is 2.26. The van der Waals surface area contributed by atoms with Gasteiger partial charge in [0, 0.05) is 12.6 Å². The SMILES string of the molecule is Cc1ccc(C)c(-n2ncc(C(=O)N3CCCC3CC(C)O)c2C)c1. The molecule has 1 aliphatic heterocycles. The van der Waals surface area contributed by atoms with Crippen LogP contribution in [0, 0.1) is 20.8 Å². The van der Waals surface area contributed by atoms with Gasteiger partial charge in [0.15, 0.2) is 0 Å². The number of amides is 1. The number of benzene rings is 1. The maximum atomic E-state index is 13.0. The van der Waals surface area contributed by atoms with Crippen LogP contribution in [0.1, 0.15) is 53.4 Å². The molecule has 25 heavy (non-hydrogen) atoms. The van der Waals surface area contributed by atoms with Crippen LogP contribution in [0.5, 0.6) is 0 Å². The second-order valence-electron chi connectivity index (χ2n) is 7.22. The average molecular weight is 341 g/mol. The number of aliphatic hydroxyl groups excluding tert-OH is 1. The number of hydrogen-bond acceptors (Lipinski definition) is 3. The van der Waals surface area contributed by atoms with Crippen molar-refractivity contribution in [2.45, 2.75) is 59.1 Å². The molecule has 3 rings (SSSR count). The van der Waals surface area contributed by atoms with E-state index in [1.54, 1.807) is 13.1 Å². The maximum Gasteiger partial charge on any atom is 0.257 e. The fraction of sp³-hybridized carbons (Fsp3) is 0.500. The molecule has 1 saturated heterocycles. The molecular weight excluding hydrogens is 314 g/mol. The number of aryl methyl sites for hydroxylation is 2. The van der Waals surface area contributed by atoms with Crippen LogP contribution in [-0.4, -0.2) is 44.4 Å². The Balaban J connectivity index is 1.90. The van der Waals surface area contributed by atoms with Crippen molar-refractivity contribution in [3.8, 4) is 5.69 Å². The van der Waals surface area contributed by atoms with Gasteiger partial charge in [0.2, 0.25) is 0 Å². The lowest BCUT2D eigenvalue weighted by molar-refractivity contribution is 0.0681. The van der Waals surface area contributed by atoms with Gasteiger partial charge in [0.05, 0.1) is 29.2 Å². The summed E-state index contributed by atoms with van der Waals surface area (Å²) < 4.78 is 1.86. The van der Waals surface area contributed by atoms with Crippen LogP contribution in [0.25, 0.3) is 5.69 Å². The van der Waals surface area contributed by atoms with Crippen molar-refractivity contribution in [1.82, 2.24) is 14.7 Å². The minimum absolute atomic E-state index is 0.0252. The van der Waals surface area contributed by atoms with Crippen molar-refractivity contribution in [2.24, 2.45) is 0 Å². The molecule has 0 aliphatic carbocycles. The Morgan fingerprint density at radius 1 is 1.36 bits per heavy atom. The molecule has 0 radical (unpaired) electrons. The van der Waals surface area contributed by atoms with Gasteiger partial charge in [-0.15, -0.1) is 0 Å². The first-order valence-electron chi connectivity index (χ1n) is 8.99. The van der Waals surface area contributed by atoms with E-state index in [1.807, 2.05) is 16.5 Å². The molecule has 5 nitrogen and oxygen atoms in total. The van der Waals surface area contributed by atoms with Gasteiger partial charge in [0.1, 0.15) is 0 Å². The summed E-state index contributed by atoms with van der Waals surface area (Å²) in [5.41, 5.74) is 4.82. The van der Waals surface area contributed by atoms with Crippen molar-refractivity contribution in [3.63, 3.8) is 0 Å². The summed E-state index contributed by atoms with van der Waals surface area (Å²) in [4.78, 5) is 15.0. The van der Waals surface area contributed by atoms with Gasteiger partial charge < -0.3 is 10.0 Å². The van der Waals surface area contributed by atoms with Crippen LogP contribution in [0.15, 0.2) is 24.4 Å². The number of aliphatic hydroxyl groups is 1. The molecule has 0 saturated carbocycles. The molecule has 0 bridgehead atoms. The van der Waals surface area contributed by atoms with Crippen molar-refractivity contribution < 1.29 is 9.90 Å². The molecular formula is C20H27N3O2. The minimum Gasteiger partial charge on any atom is -0.393 e. The smallest absolute Gasteiger partial charge is 0.257 e. The minimum atomic E-state index is -0.392. The Labute approximate surface area is 149 Å². The number of hydrogen-bond donors (Lipinski definition) is 1. The lowest BCUT2D eigenvalue weighted by Crippen LogP contribution is -2.37. The number of likely N-dealkylation sites (tertiary alicyclic amines) is 1. The van der Waals surface area contributed by atoms with E-state index in [1.165, 1.54) is 5.56 Å². The Morgan fingerprint density at radius 3 is 2.84 bits per heavy atom. The van der Waals surface area contributed by atoms with E-state index in [9.17, 15) is 9.90 Å². The monoisotopic (exact) mass is 341 g/mol. The second-order valence-corrected chi connectivity index (χ2v) is 7.22. The van der Waals surface area contributed by atoms with Crippen LogP contribution in [-0.2, 0) is 0 Å². The van der Waals surface area contributed by atoms with Gasteiger partial charge >= 0.3 is 0 Å². The number of rotatable bonds is 4. The summed E-state index contributed by atoms with van der Waals surface area (Å²) in [6, 6.07) is 6.37. The van der Waals surface area contributed by atoms with Crippen molar-refractivity contribution in [1.29, 1.82) is 0 Å². The van der Waals surface area contributed by atoms with E-state index in [2.05, 4.69) is 37.1 Å². The first-order chi connectivity index (χ1) is 11.9. The fourth-order valence-corrected chi connectivity index (χ4v) is 3.71. The topological polar surface area (TPSA) is 58.4 Å². The fourth-order valence-electron chi connectivity index (χ4n) is 3.71. The first-order valence-corrected chi connectivity index (χ1v) is 8.99. The van der Waals surface area contributed by atoms with E-state index in [0.717, 1.165) is 36.3 Å². The molecule has 1 amide bonds. The number of carbonyl (C=O) groups is 1. The van der Waals surface area contributed by atoms with Crippen molar-refractivity contribution in [2.75, 3.05) is 6.54 Å². The zero-order chi connectivity index (χ0) is 18.1. The van der Waals surface area contributed by atoms with E-state index in [0.29, 0.717) is 12.0 Å². The summed E-state index contributed by atoms with van der Waals surface area (Å²) in [7, 11) is 0. The average Bonchev–Trinajstić information content (AvgIpc) is 3.15. The second kappa shape index (κ2) is 7.00. The Kier molecular flexibility index (Phi) is 4.95. The molecule has 1 N–H and O–H groups in total. The molecule has 2 atom stereocenters. The highest BCUT2D eigenvalue weighted by atomic mass is 16.3. The van der Waals surface area contributed by atoms with E-state index in [4.69, 9.17) is 0 Å². The molecule has 134 valence electrons. The van der Waals surface area contributed by atoms with Gasteiger partial charge in [-0.05, 0) is 64.2 Å². The number of nitrogens with zero attached hydrogens (tertiary/aromatic N) is 3. The van der Waals surface area contributed by atoms with Crippen LogP contribution in [0.3, 0.4) is 0 Å². The molecule has 2 unspecified atom stereocenters. The predicted octanol–water partition coefficient (Wildman–Crippen LogP) is 3.17. The normalized spacial score (nSPS) is 18.6. The third-order valence-electron chi connectivity index (χ3n) is 5.08. The van der Waals surface area contributed by atoms with Crippen LogP contribution >= 0.6 is 0 Å². The van der Waals surface area contributed by atoms with Crippen LogP contribution < -0.4 is 0 Å². The molecule has 1 aliphatic rings. The molecule has 5 heteroatoms. The summed E-state index contributed by atoms with van der Waals surface area (Å²) >= 11 is 0. The van der Waals surface area contributed by atoms with E-state index >= 15 is 0 Å². The van der Waals surface area contributed by atoms with Gasteiger partial charge in [-0.3, -0.25) is 4.79 Å². The van der Waals surface area contributed by atoms with Gasteiger partial charge in [0.25, 0.3) is 5.91 Å². The third-order valence-corrected chi connectivity index (χ3v) is 5.08. The molecule has 1 aromatic carbocycles. The maximum absolute atomic E-state index is 13.0. The van der Waals surface area contributed by atoms with E-state index < -0.39 is 6.10 Å². The van der Waals surface area contributed by atoms with Crippen molar-refractivity contribution in [3.05, 3.63) is 46.8 Å². The van der Waals surface area contributed by atoms with Gasteiger partial charge in [-0.2, -0.15) is 5.10 Å². The Bertz CT molecular complexity index is 779. The summed E-state index contributed by atoms with van der Waals surface area (Å²) in [6.45, 7) is 8.59. The largest absolute Gasteiger partial charge is 0.393 e.